The molecule has 8 heteroatoms. The molecule has 0 radical (unpaired) electrons. The van der Waals surface area contributed by atoms with Crippen molar-refractivity contribution in [2.75, 3.05) is 5.32 Å². The summed E-state index contributed by atoms with van der Waals surface area (Å²) in [6.07, 6.45) is -3.43. The van der Waals surface area contributed by atoms with Gasteiger partial charge in [-0.15, -0.1) is 0 Å². The number of pyridine rings is 1. The largest absolute Gasteiger partial charge is 0.416 e. The number of nitrogens with one attached hydrogen (secondary N) is 2. The lowest BCUT2D eigenvalue weighted by Crippen LogP contribution is -2.22. The Morgan fingerprint density at radius 2 is 1.92 bits per heavy atom. The van der Waals surface area contributed by atoms with Crippen molar-refractivity contribution in [2.24, 2.45) is 0 Å². The Balaban J connectivity index is 2.00. The van der Waals surface area contributed by atoms with Crippen LogP contribution in [0.3, 0.4) is 0 Å². The molecule has 0 bridgehead atoms. The van der Waals surface area contributed by atoms with E-state index in [0.29, 0.717) is 16.3 Å². The molecule has 134 valence electrons. The number of halogens is 4. The molecule has 1 aromatic heterocycles. The Morgan fingerprint density at radius 1 is 1.19 bits per heavy atom. The minimum Gasteiger partial charge on any atom is -0.360 e. The summed E-state index contributed by atoms with van der Waals surface area (Å²) >= 11 is 5.99. The first-order valence-corrected chi connectivity index (χ1v) is 7.85. The lowest BCUT2D eigenvalue weighted by Gasteiger charge is -2.10. The minimum absolute atomic E-state index is 0.000288. The quantitative estimate of drug-likeness (QED) is 0.673. The van der Waals surface area contributed by atoms with Crippen molar-refractivity contribution < 1.29 is 18.0 Å². The lowest BCUT2D eigenvalue weighted by atomic mass is 10.1. The van der Waals surface area contributed by atoms with Crippen LogP contribution in [0.1, 0.15) is 21.5 Å². The van der Waals surface area contributed by atoms with E-state index in [1.165, 1.54) is 0 Å². The van der Waals surface area contributed by atoms with Gasteiger partial charge in [-0.25, -0.2) is 0 Å². The van der Waals surface area contributed by atoms with Crippen molar-refractivity contribution in [3.8, 4) is 0 Å². The fourth-order valence-corrected chi connectivity index (χ4v) is 2.67. The Labute approximate surface area is 150 Å². The third-order valence-corrected chi connectivity index (χ3v) is 4.38. The number of hydrogen-bond donors (Lipinski definition) is 2. The molecule has 2 N–H and O–H groups in total. The third kappa shape index (κ3) is 3.30. The number of rotatable bonds is 2. The number of amides is 1. The second-order valence-electron chi connectivity index (χ2n) is 5.66. The van der Waals surface area contributed by atoms with Crippen LogP contribution in [0.15, 0.2) is 47.4 Å². The van der Waals surface area contributed by atoms with Gasteiger partial charge in [0.25, 0.3) is 5.91 Å². The van der Waals surface area contributed by atoms with Crippen molar-refractivity contribution in [1.82, 2.24) is 4.98 Å². The van der Waals surface area contributed by atoms with E-state index in [-0.39, 0.29) is 16.5 Å². The summed E-state index contributed by atoms with van der Waals surface area (Å²) in [5, 5.41) is 3.03. The maximum atomic E-state index is 12.8. The Bertz CT molecular complexity index is 1070. The molecule has 0 saturated carbocycles. The maximum absolute atomic E-state index is 12.8. The van der Waals surface area contributed by atoms with Gasteiger partial charge in [0.05, 0.1) is 5.56 Å². The zero-order valence-electron chi connectivity index (χ0n) is 13.4. The summed E-state index contributed by atoms with van der Waals surface area (Å²) in [7, 11) is 0. The Hall–Kier alpha value is -2.80. The van der Waals surface area contributed by atoms with Crippen LogP contribution in [0.25, 0.3) is 10.9 Å². The highest BCUT2D eigenvalue weighted by molar-refractivity contribution is 6.31. The smallest absolute Gasteiger partial charge is 0.360 e. The molecule has 3 aromatic rings. The van der Waals surface area contributed by atoms with E-state index in [9.17, 15) is 22.8 Å². The zero-order valence-corrected chi connectivity index (χ0v) is 14.1. The molecule has 1 heterocycles. The average Bonchev–Trinajstić information content (AvgIpc) is 2.58. The molecule has 2 aromatic carbocycles. The van der Waals surface area contributed by atoms with Crippen LogP contribution >= 0.6 is 11.6 Å². The number of aromatic nitrogens is 1. The molecule has 3 rings (SSSR count). The Morgan fingerprint density at radius 3 is 2.62 bits per heavy atom. The molecule has 0 aliphatic heterocycles. The SMILES string of the molecule is Cc1c(Cl)cccc1NC(=O)c1c[nH]c2cc(C(F)(F)F)ccc2c1=O. The van der Waals surface area contributed by atoms with Gasteiger partial charge < -0.3 is 10.3 Å². The van der Waals surface area contributed by atoms with Gasteiger partial charge in [-0.3, -0.25) is 9.59 Å². The highest BCUT2D eigenvalue weighted by atomic mass is 35.5. The molecule has 0 unspecified atom stereocenters. The van der Waals surface area contributed by atoms with Crippen molar-refractivity contribution in [3.05, 3.63) is 74.5 Å². The molecular weight excluding hydrogens is 369 g/mol. The summed E-state index contributed by atoms with van der Waals surface area (Å²) in [5.41, 5.74) is -0.682. The second kappa shape index (κ2) is 6.49. The van der Waals surface area contributed by atoms with E-state index in [0.717, 1.165) is 24.4 Å². The van der Waals surface area contributed by atoms with Crippen LogP contribution in [-0.4, -0.2) is 10.9 Å². The van der Waals surface area contributed by atoms with Crippen LogP contribution in [0.2, 0.25) is 5.02 Å². The number of aromatic amines is 1. The van der Waals surface area contributed by atoms with Crippen LogP contribution in [0.5, 0.6) is 0 Å². The molecular formula is C18H12ClF3N2O2. The van der Waals surface area contributed by atoms with E-state index in [1.807, 2.05) is 0 Å². The number of fused-ring (bicyclic) bond motifs is 1. The number of anilines is 1. The van der Waals surface area contributed by atoms with Crippen LogP contribution < -0.4 is 10.7 Å². The number of alkyl halides is 3. The van der Waals surface area contributed by atoms with Crippen molar-refractivity contribution in [3.63, 3.8) is 0 Å². The molecule has 0 fully saturated rings. The number of H-pyrrole nitrogens is 1. The molecule has 4 nitrogen and oxygen atoms in total. The maximum Gasteiger partial charge on any atom is 0.416 e. The average molecular weight is 381 g/mol. The van der Waals surface area contributed by atoms with Crippen molar-refractivity contribution in [1.29, 1.82) is 0 Å². The summed E-state index contributed by atoms with van der Waals surface area (Å²) in [4.78, 5) is 27.5. The number of carbonyl (C=O) groups is 1. The van der Waals surface area contributed by atoms with Gasteiger partial charge in [0.1, 0.15) is 5.56 Å². The van der Waals surface area contributed by atoms with Gasteiger partial charge in [0.15, 0.2) is 0 Å². The lowest BCUT2D eigenvalue weighted by molar-refractivity contribution is -0.137. The van der Waals surface area contributed by atoms with Gasteiger partial charge in [-0.1, -0.05) is 17.7 Å². The third-order valence-electron chi connectivity index (χ3n) is 3.97. The van der Waals surface area contributed by atoms with Gasteiger partial charge in [-0.2, -0.15) is 13.2 Å². The van der Waals surface area contributed by atoms with E-state index in [1.54, 1.807) is 25.1 Å². The van der Waals surface area contributed by atoms with E-state index in [2.05, 4.69) is 10.3 Å². The van der Waals surface area contributed by atoms with Crippen LogP contribution in [0, 0.1) is 6.92 Å². The molecule has 0 aliphatic carbocycles. The minimum atomic E-state index is -4.52. The van der Waals surface area contributed by atoms with Crippen molar-refractivity contribution >= 4 is 34.1 Å². The van der Waals surface area contributed by atoms with Gasteiger partial charge in [0.2, 0.25) is 5.43 Å². The van der Waals surface area contributed by atoms with Gasteiger partial charge in [0, 0.05) is 27.8 Å². The summed E-state index contributed by atoms with van der Waals surface area (Å²) in [5.74, 6) is -0.682. The highest BCUT2D eigenvalue weighted by Crippen LogP contribution is 2.30. The molecule has 0 saturated heterocycles. The van der Waals surface area contributed by atoms with Crippen molar-refractivity contribution in [2.45, 2.75) is 13.1 Å². The molecule has 0 aliphatic rings. The topological polar surface area (TPSA) is 62.0 Å². The molecule has 0 spiro atoms. The number of carbonyl (C=O) groups excluding carboxylic acids is 1. The van der Waals surface area contributed by atoms with E-state index >= 15 is 0 Å². The Kier molecular flexibility index (Phi) is 4.50. The highest BCUT2D eigenvalue weighted by Gasteiger charge is 2.30. The van der Waals surface area contributed by atoms with Gasteiger partial charge >= 0.3 is 6.18 Å². The normalized spacial score (nSPS) is 11.6. The number of hydrogen-bond acceptors (Lipinski definition) is 2. The first kappa shape index (κ1) is 18.0. The number of benzene rings is 2. The second-order valence-corrected chi connectivity index (χ2v) is 6.06. The van der Waals surface area contributed by atoms with E-state index in [4.69, 9.17) is 11.6 Å². The predicted molar refractivity (Wildman–Crippen MR) is 93.7 cm³/mol. The first-order valence-electron chi connectivity index (χ1n) is 7.47. The first-order chi connectivity index (χ1) is 12.2. The fourth-order valence-electron chi connectivity index (χ4n) is 2.50. The summed E-state index contributed by atoms with van der Waals surface area (Å²) in [6, 6.07) is 7.63. The molecule has 1 amide bonds. The fraction of sp³-hybridized carbons (Fsp3) is 0.111. The monoisotopic (exact) mass is 380 g/mol. The summed E-state index contributed by atoms with van der Waals surface area (Å²) < 4.78 is 38.3. The van der Waals surface area contributed by atoms with E-state index < -0.39 is 23.1 Å². The van der Waals surface area contributed by atoms with Crippen LogP contribution in [0.4, 0.5) is 18.9 Å². The molecule has 26 heavy (non-hydrogen) atoms. The standard InChI is InChI=1S/C18H12ClF3N2O2/c1-9-13(19)3-2-4-14(9)24-17(26)12-8-23-15-7-10(18(20,21)22)5-6-11(15)16(12)25/h2-8H,1H3,(H,23,25)(H,24,26). The zero-order chi connectivity index (χ0) is 19.1. The van der Waals surface area contributed by atoms with Crippen LogP contribution in [-0.2, 0) is 6.18 Å². The van der Waals surface area contributed by atoms with Gasteiger partial charge in [-0.05, 0) is 42.8 Å². The molecule has 0 atom stereocenters. The predicted octanol–water partition coefficient (Wildman–Crippen LogP) is 4.76. The summed E-state index contributed by atoms with van der Waals surface area (Å²) in [6.45, 7) is 1.71.